The number of unbranched alkanes of at least 4 members (excludes halogenated alkanes) is 1. The van der Waals surface area contributed by atoms with E-state index in [9.17, 15) is 14.7 Å². The molecule has 0 bridgehead atoms. The minimum Gasteiger partial charge on any atom is -0.481 e. The summed E-state index contributed by atoms with van der Waals surface area (Å²) in [5.74, 6) is -0.545. The maximum Gasteiger partial charge on any atom is 0.303 e. The molecule has 27 heavy (non-hydrogen) atoms. The summed E-state index contributed by atoms with van der Waals surface area (Å²) in [6.07, 6.45) is 7.69. The molecule has 0 radical (unpaired) electrons. The van der Waals surface area contributed by atoms with E-state index in [2.05, 4.69) is 30.0 Å². The number of ketones is 1. The highest BCUT2D eigenvalue weighted by Crippen LogP contribution is 2.19. The predicted molar refractivity (Wildman–Crippen MR) is 106 cm³/mol. The number of aliphatic carboxylic acids is 1. The number of Topliss-reactive ketones (excluding diaryl/α,β-unsaturated/α-hetero) is 1. The summed E-state index contributed by atoms with van der Waals surface area (Å²) in [5, 5.41) is 19.0. The molecular formula is C22H31NO4. The van der Waals surface area contributed by atoms with Crippen molar-refractivity contribution in [2.24, 2.45) is 0 Å². The van der Waals surface area contributed by atoms with Crippen molar-refractivity contribution in [1.82, 2.24) is 4.90 Å². The zero-order valence-corrected chi connectivity index (χ0v) is 16.1. The molecule has 1 unspecified atom stereocenters. The van der Waals surface area contributed by atoms with E-state index in [0.717, 1.165) is 6.42 Å². The smallest absolute Gasteiger partial charge is 0.303 e. The lowest BCUT2D eigenvalue weighted by molar-refractivity contribution is -0.137. The average molecular weight is 373 g/mol. The first-order valence-electron chi connectivity index (χ1n) is 9.83. The van der Waals surface area contributed by atoms with Gasteiger partial charge in [-0.1, -0.05) is 42.0 Å². The van der Waals surface area contributed by atoms with Crippen molar-refractivity contribution in [3.8, 4) is 0 Å². The summed E-state index contributed by atoms with van der Waals surface area (Å²) in [6.45, 7) is 3.29. The van der Waals surface area contributed by atoms with E-state index < -0.39 is 12.1 Å². The van der Waals surface area contributed by atoms with Gasteiger partial charge in [0.1, 0.15) is 0 Å². The van der Waals surface area contributed by atoms with Gasteiger partial charge >= 0.3 is 5.97 Å². The Hall–Kier alpha value is -1.98. The highest BCUT2D eigenvalue weighted by molar-refractivity contribution is 5.86. The maximum atomic E-state index is 12.2. The molecule has 148 valence electrons. The zero-order valence-electron chi connectivity index (χ0n) is 16.1. The summed E-state index contributed by atoms with van der Waals surface area (Å²) in [6, 6.07) is 8.17. The van der Waals surface area contributed by atoms with Crippen molar-refractivity contribution >= 4 is 11.8 Å². The third-order valence-electron chi connectivity index (χ3n) is 5.04. The number of hydrogen-bond donors (Lipinski definition) is 2. The topological polar surface area (TPSA) is 77.8 Å². The van der Waals surface area contributed by atoms with Crippen molar-refractivity contribution in [3.63, 3.8) is 0 Å². The Bertz CT molecular complexity index is 655. The second-order valence-corrected chi connectivity index (χ2v) is 7.40. The molecule has 0 aromatic heterocycles. The fourth-order valence-corrected chi connectivity index (χ4v) is 3.56. The molecule has 0 aliphatic carbocycles. The standard InChI is InChI=1S/C22H31NO4/c1-17-7-6-8-18(15-17)11-12-19(24)16-23-14-13-21(25)20(23)9-4-2-3-5-10-22(26)27/h2,4,6-8,15,19-20,24H,3,5,9-14,16H2,1H3,(H,26,27)/t19?,20-/m0/s1. The van der Waals surface area contributed by atoms with E-state index in [-0.39, 0.29) is 18.2 Å². The molecule has 2 atom stereocenters. The summed E-state index contributed by atoms with van der Waals surface area (Å²) in [4.78, 5) is 24.7. The van der Waals surface area contributed by atoms with E-state index in [0.29, 0.717) is 45.2 Å². The van der Waals surface area contributed by atoms with Crippen LogP contribution in [0.2, 0.25) is 0 Å². The van der Waals surface area contributed by atoms with Crippen LogP contribution in [0.5, 0.6) is 0 Å². The van der Waals surface area contributed by atoms with Gasteiger partial charge in [0.2, 0.25) is 0 Å². The number of carboxylic acid groups (broad SMARTS) is 1. The van der Waals surface area contributed by atoms with E-state index in [1.807, 2.05) is 18.2 Å². The Kier molecular flexibility index (Phi) is 8.69. The SMILES string of the molecule is Cc1cccc(CCC(O)CN2CCC(=O)[C@@H]2CC=CCCCC(=O)O)c1. The van der Waals surface area contributed by atoms with Crippen molar-refractivity contribution in [2.75, 3.05) is 13.1 Å². The summed E-state index contributed by atoms with van der Waals surface area (Å²) < 4.78 is 0. The molecule has 1 saturated heterocycles. The van der Waals surface area contributed by atoms with E-state index in [4.69, 9.17) is 5.11 Å². The lowest BCUT2D eigenvalue weighted by atomic mass is 10.0. The van der Waals surface area contributed by atoms with Gasteiger partial charge in [0.25, 0.3) is 0 Å². The zero-order chi connectivity index (χ0) is 19.6. The number of aliphatic hydroxyl groups excluding tert-OH is 1. The van der Waals surface area contributed by atoms with Gasteiger partial charge in [-0.05, 0) is 44.6 Å². The van der Waals surface area contributed by atoms with Crippen LogP contribution < -0.4 is 0 Å². The van der Waals surface area contributed by atoms with Crippen LogP contribution in [0.3, 0.4) is 0 Å². The highest BCUT2D eigenvalue weighted by atomic mass is 16.4. The van der Waals surface area contributed by atoms with Crippen molar-refractivity contribution in [3.05, 3.63) is 47.5 Å². The van der Waals surface area contributed by atoms with E-state index in [1.54, 1.807) is 0 Å². The Balaban J connectivity index is 1.75. The second-order valence-electron chi connectivity index (χ2n) is 7.40. The normalized spacial score (nSPS) is 19.0. The molecule has 1 aliphatic heterocycles. The Morgan fingerprint density at radius 2 is 2.19 bits per heavy atom. The number of carboxylic acids is 1. The number of aryl methyl sites for hydroxylation is 2. The van der Waals surface area contributed by atoms with Gasteiger partial charge in [0, 0.05) is 25.9 Å². The number of carbonyl (C=O) groups excluding carboxylic acids is 1. The number of β-amino-alcohol motifs (C(OH)–C–C–N with tert-alkyl or cyclic N) is 1. The fourth-order valence-electron chi connectivity index (χ4n) is 3.56. The van der Waals surface area contributed by atoms with E-state index >= 15 is 0 Å². The van der Waals surface area contributed by atoms with Crippen LogP contribution in [0, 0.1) is 6.92 Å². The molecule has 0 spiro atoms. The van der Waals surface area contributed by atoms with Gasteiger partial charge in [0.15, 0.2) is 5.78 Å². The molecule has 5 nitrogen and oxygen atoms in total. The lowest BCUT2D eigenvalue weighted by Gasteiger charge is -2.25. The molecule has 2 N–H and O–H groups in total. The highest BCUT2D eigenvalue weighted by Gasteiger charge is 2.32. The molecule has 0 amide bonds. The van der Waals surface area contributed by atoms with Crippen LogP contribution in [0.15, 0.2) is 36.4 Å². The van der Waals surface area contributed by atoms with Gasteiger partial charge in [-0.3, -0.25) is 14.5 Å². The lowest BCUT2D eigenvalue weighted by Crippen LogP contribution is -2.38. The number of nitrogens with zero attached hydrogens (tertiary/aromatic N) is 1. The summed E-state index contributed by atoms with van der Waals surface area (Å²) in [7, 11) is 0. The van der Waals surface area contributed by atoms with Crippen LogP contribution in [0.4, 0.5) is 0 Å². The second kappa shape index (κ2) is 11.0. The minimum absolute atomic E-state index is 0.158. The molecule has 0 saturated carbocycles. The van der Waals surface area contributed by atoms with Crippen molar-refractivity contribution in [1.29, 1.82) is 0 Å². The first-order chi connectivity index (χ1) is 13.0. The Labute approximate surface area is 161 Å². The molecule has 2 rings (SSSR count). The summed E-state index contributed by atoms with van der Waals surface area (Å²) in [5.41, 5.74) is 2.45. The van der Waals surface area contributed by atoms with E-state index in [1.165, 1.54) is 11.1 Å². The van der Waals surface area contributed by atoms with Gasteiger partial charge in [0.05, 0.1) is 12.1 Å². The summed E-state index contributed by atoms with van der Waals surface area (Å²) >= 11 is 0. The number of likely N-dealkylation sites (tertiary alicyclic amines) is 1. The van der Waals surface area contributed by atoms with Crippen molar-refractivity contribution < 1.29 is 19.8 Å². The van der Waals surface area contributed by atoms with Gasteiger partial charge in [-0.2, -0.15) is 0 Å². The Morgan fingerprint density at radius 3 is 2.93 bits per heavy atom. The average Bonchev–Trinajstić information content (AvgIpc) is 2.96. The monoisotopic (exact) mass is 373 g/mol. The molecule has 1 aliphatic rings. The molecule has 1 fully saturated rings. The molecule has 1 aromatic carbocycles. The van der Waals surface area contributed by atoms with Gasteiger partial charge < -0.3 is 10.2 Å². The third kappa shape index (κ3) is 7.65. The van der Waals surface area contributed by atoms with Crippen molar-refractivity contribution in [2.45, 2.75) is 64.0 Å². The van der Waals surface area contributed by atoms with Crippen LogP contribution in [-0.4, -0.2) is 52.1 Å². The van der Waals surface area contributed by atoms with Gasteiger partial charge in [-0.15, -0.1) is 0 Å². The number of rotatable bonds is 11. The Morgan fingerprint density at radius 1 is 1.37 bits per heavy atom. The molecular weight excluding hydrogens is 342 g/mol. The molecule has 5 heteroatoms. The number of aliphatic hydroxyl groups is 1. The largest absolute Gasteiger partial charge is 0.481 e. The fraction of sp³-hybridized carbons (Fsp3) is 0.545. The number of hydrogen-bond acceptors (Lipinski definition) is 4. The first kappa shape index (κ1) is 21.3. The number of allylic oxidation sites excluding steroid dienone is 1. The molecule has 1 heterocycles. The predicted octanol–water partition coefficient (Wildman–Crippen LogP) is 3.13. The van der Waals surface area contributed by atoms with Crippen LogP contribution >= 0.6 is 0 Å². The first-order valence-corrected chi connectivity index (χ1v) is 9.83. The molecule has 1 aromatic rings. The van der Waals surface area contributed by atoms with Gasteiger partial charge in [-0.25, -0.2) is 0 Å². The number of carbonyl (C=O) groups is 2. The minimum atomic E-state index is -0.778. The quantitative estimate of drug-likeness (QED) is 0.460. The number of benzene rings is 1. The van der Waals surface area contributed by atoms with Crippen LogP contribution in [-0.2, 0) is 16.0 Å². The van der Waals surface area contributed by atoms with Crippen LogP contribution in [0.1, 0.15) is 49.7 Å². The third-order valence-corrected chi connectivity index (χ3v) is 5.04. The maximum absolute atomic E-state index is 12.2. The van der Waals surface area contributed by atoms with Crippen LogP contribution in [0.25, 0.3) is 0 Å².